The molecule has 5 saturated heterocycles. The first-order chi connectivity index (χ1) is 19.5. The minimum Gasteiger partial charge on any atom is -0.444 e. The highest BCUT2D eigenvalue weighted by Crippen LogP contribution is 2.30. The molecule has 12 heteroatoms. The molecular formula is C29H46N6O6. The van der Waals surface area contributed by atoms with Crippen LogP contribution in [0.3, 0.4) is 0 Å². The third-order valence-corrected chi connectivity index (χ3v) is 9.06. The molecule has 0 aromatic heterocycles. The molecule has 5 aliphatic rings. The van der Waals surface area contributed by atoms with Crippen molar-refractivity contribution in [2.75, 3.05) is 52.4 Å². The lowest BCUT2D eigenvalue weighted by Gasteiger charge is -2.38. The number of likely N-dealkylation sites (tertiary alicyclic amines) is 3. The average molecular weight is 575 g/mol. The maximum atomic E-state index is 13.9. The van der Waals surface area contributed by atoms with Gasteiger partial charge in [-0.3, -0.25) is 19.2 Å². The molecule has 12 nitrogen and oxygen atoms in total. The van der Waals surface area contributed by atoms with Crippen molar-refractivity contribution in [2.24, 2.45) is 0 Å². The second-order valence-electron chi connectivity index (χ2n) is 13.0. The Bertz CT molecular complexity index is 1030. The standard InChI is InChI=1S/C29H46N6O6/c1-29(2,3)41-28(40)32-18-16-31(17-19-32)25(37)21-9-5-14-34(21)27(39)23-11-7-15-35(23)26(38)22-10-6-13-33(22)24(36)20-8-4-12-30-20/h20-23,30H,4-19H2,1-3H3. The Labute approximate surface area is 242 Å². The summed E-state index contributed by atoms with van der Waals surface area (Å²) in [6.45, 7) is 9.43. The Kier molecular flexibility index (Phi) is 8.77. The van der Waals surface area contributed by atoms with Crippen LogP contribution in [-0.2, 0) is 23.9 Å². The number of rotatable bonds is 4. The van der Waals surface area contributed by atoms with Crippen LogP contribution in [0.1, 0.15) is 72.1 Å². The molecule has 5 amide bonds. The van der Waals surface area contributed by atoms with Crippen LogP contribution in [0.4, 0.5) is 4.79 Å². The van der Waals surface area contributed by atoms with E-state index in [0.717, 1.165) is 38.6 Å². The van der Waals surface area contributed by atoms with Gasteiger partial charge < -0.3 is 34.6 Å². The van der Waals surface area contributed by atoms with Crippen molar-refractivity contribution in [2.45, 2.75) is 102 Å². The van der Waals surface area contributed by atoms with E-state index in [1.807, 2.05) is 20.8 Å². The van der Waals surface area contributed by atoms with Crippen molar-refractivity contribution in [1.82, 2.24) is 29.8 Å². The Morgan fingerprint density at radius 3 is 1.51 bits per heavy atom. The van der Waals surface area contributed by atoms with E-state index in [9.17, 15) is 24.0 Å². The summed E-state index contributed by atoms with van der Waals surface area (Å²) in [7, 11) is 0. The van der Waals surface area contributed by atoms with Gasteiger partial charge in [0.25, 0.3) is 0 Å². The summed E-state index contributed by atoms with van der Waals surface area (Å²) in [4.78, 5) is 75.2. The summed E-state index contributed by atoms with van der Waals surface area (Å²) in [5.41, 5.74) is -0.580. The van der Waals surface area contributed by atoms with E-state index in [2.05, 4.69) is 5.32 Å². The van der Waals surface area contributed by atoms with Crippen molar-refractivity contribution < 1.29 is 28.7 Å². The molecule has 0 aromatic carbocycles. The molecule has 4 unspecified atom stereocenters. The highest BCUT2D eigenvalue weighted by Gasteiger charge is 2.47. The van der Waals surface area contributed by atoms with Gasteiger partial charge in [-0.05, 0) is 78.7 Å². The number of piperazine rings is 1. The van der Waals surface area contributed by atoms with Crippen LogP contribution < -0.4 is 5.32 Å². The maximum Gasteiger partial charge on any atom is 0.410 e. The summed E-state index contributed by atoms with van der Waals surface area (Å²) < 4.78 is 5.46. The summed E-state index contributed by atoms with van der Waals surface area (Å²) in [6, 6.07) is -1.88. The molecule has 0 bridgehead atoms. The first kappa shape index (κ1) is 29.6. The first-order valence-corrected chi connectivity index (χ1v) is 15.5. The number of nitrogens with one attached hydrogen (secondary N) is 1. The summed E-state index contributed by atoms with van der Waals surface area (Å²) in [6.07, 6.45) is 5.40. The third kappa shape index (κ3) is 6.32. The summed E-state index contributed by atoms with van der Waals surface area (Å²) >= 11 is 0. The highest BCUT2D eigenvalue weighted by molar-refractivity contribution is 5.96. The molecule has 4 atom stereocenters. The second kappa shape index (κ2) is 12.1. The third-order valence-electron chi connectivity index (χ3n) is 9.06. The molecular weight excluding hydrogens is 528 g/mol. The fourth-order valence-electron chi connectivity index (χ4n) is 6.99. The quantitative estimate of drug-likeness (QED) is 0.527. The van der Waals surface area contributed by atoms with Gasteiger partial charge in [-0.2, -0.15) is 0 Å². The Morgan fingerprint density at radius 2 is 1.05 bits per heavy atom. The summed E-state index contributed by atoms with van der Waals surface area (Å²) in [5.74, 6) is -0.387. The van der Waals surface area contributed by atoms with Gasteiger partial charge in [0, 0.05) is 45.8 Å². The van der Waals surface area contributed by atoms with Crippen LogP contribution >= 0.6 is 0 Å². The monoisotopic (exact) mass is 574 g/mol. The second-order valence-corrected chi connectivity index (χ2v) is 13.0. The molecule has 5 rings (SSSR count). The van der Waals surface area contributed by atoms with E-state index in [1.165, 1.54) is 0 Å². The van der Waals surface area contributed by atoms with Gasteiger partial charge >= 0.3 is 6.09 Å². The molecule has 0 spiro atoms. The van der Waals surface area contributed by atoms with Crippen LogP contribution in [0, 0.1) is 0 Å². The normalized spacial score (nSPS) is 28.9. The van der Waals surface area contributed by atoms with E-state index in [4.69, 9.17) is 4.74 Å². The zero-order valence-electron chi connectivity index (χ0n) is 24.8. The van der Waals surface area contributed by atoms with E-state index < -0.39 is 23.7 Å². The molecule has 41 heavy (non-hydrogen) atoms. The predicted octanol–water partition coefficient (Wildman–Crippen LogP) is 0.791. The lowest BCUT2D eigenvalue weighted by molar-refractivity contribution is -0.152. The topological polar surface area (TPSA) is 123 Å². The predicted molar refractivity (Wildman–Crippen MR) is 150 cm³/mol. The molecule has 0 aromatic rings. The number of hydrogen-bond acceptors (Lipinski definition) is 7. The lowest BCUT2D eigenvalue weighted by Crippen LogP contribution is -2.58. The zero-order chi connectivity index (χ0) is 29.3. The molecule has 5 fully saturated rings. The molecule has 0 saturated carbocycles. The van der Waals surface area contributed by atoms with E-state index in [1.54, 1.807) is 24.5 Å². The Hall–Kier alpha value is -2.89. The van der Waals surface area contributed by atoms with Crippen molar-refractivity contribution in [3.05, 3.63) is 0 Å². The highest BCUT2D eigenvalue weighted by atomic mass is 16.6. The molecule has 1 N–H and O–H groups in total. The SMILES string of the molecule is CC(C)(C)OC(=O)N1CCN(C(=O)C2CCCN2C(=O)C2CCCN2C(=O)C2CCCN2C(=O)C2CCCN2)CC1. The van der Waals surface area contributed by atoms with E-state index in [-0.39, 0.29) is 35.8 Å². The van der Waals surface area contributed by atoms with Gasteiger partial charge in [0.15, 0.2) is 0 Å². The van der Waals surface area contributed by atoms with Gasteiger partial charge in [0.05, 0.1) is 6.04 Å². The molecule has 0 aliphatic carbocycles. The number of amides is 5. The van der Waals surface area contributed by atoms with Crippen LogP contribution in [0.5, 0.6) is 0 Å². The maximum absolute atomic E-state index is 13.9. The van der Waals surface area contributed by atoms with Crippen LogP contribution in [0.15, 0.2) is 0 Å². The molecule has 5 aliphatic heterocycles. The number of carbonyl (C=O) groups is 5. The Balaban J connectivity index is 1.19. The van der Waals surface area contributed by atoms with Crippen LogP contribution in [0.25, 0.3) is 0 Å². The number of nitrogens with zero attached hydrogens (tertiary/aromatic N) is 5. The van der Waals surface area contributed by atoms with Gasteiger partial charge in [-0.15, -0.1) is 0 Å². The largest absolute Gasteiger partial charge is 0.444 e. The zero-order valence-corrected chi connectivity index (χ0v) is 24.8. The van der Waals surface area contributed by atoms with Gasteiger partial charge in [0.2, 0.25) is 23.6 Å². The number of hydrogen-bond donors (Lipinski definition) is 1. The first-order valence-electron chi connectivity index (χ1n) is 15.5. The molecule has 5 heterocycles. The van der Waals surface area contributed by atoms with Crippen LogP contribution in [-0.4, -0.2) is 136 Å². The summed E-state index contributed by atoms with van der Waals surface area (Å²) in [5, 5.41) is 3.25. The van der Waals surface area contributed by atoms with Gasteiger partial charge in [0.1, 0.15) is 23.7 Å². The Morgan fingerprint density at radius 1 is 0.585 bits per heavy atom. The fraction of sp³-hybridized carbons (Fsp3) is 0.828. The minimum absolute atomic E-state index is 0.00241. The fourth-order valence-corrected chi connectivity index (χ4v) is 6.99. The average Bonchev–Trinajstić information content (AvgIpc) is 3.76. The molecule has 228 valence electrons. The minimum atomic E-state index is -0.595. The number of carbonyl (C=O) groups excluding carboxylic acids is 5. The van der Waals surface area contributed by atoms with E-state index in [0.29, 0.717) is 65.1 Å². The lowest BCUT2D eigenvalue weighted by atomic mass is 10.1. The van der Waals surface area contributed by atoms with Crippen molar-refractivity contribution in [3.8, 4) is 0 Å². The van der Waals surface area contributed by atoms with Gasteiger partial charge in [-0.1, -0.05) is 0 Å². The molecule has 0 radical (unpaired) electrons. The van der Waals surface area contributed by atoms with Crippen molar-refractivity contribution in [3.63, 3.8) is 0 Å². The smallest absolute Gasteiger partial charge is 0.410 e. The van der Waals surface area contributed by atoms with Gasteiger partial charge in [-0.25, -0.2) is 4.79 Å². The van der Waals surface area contributed by atoms with Crippen LogP contribution in [0.2, 0.25) is 0 Å². The van der Waals surface area contributed by atoms with Crippen molar-refractivity contribution >= 4 is 29.7 Å². The number of ether oxygens (including phenoxy) is 1. The van der Waals surface area contributed by atoms with E-state index >= 15 is 0 Å². The van der Waals surface area contributed by atoms with Crippen molar-refractivity contribution in [1.29, 1.82) is 0 Å².